The van der Waals surface area contributed by atoms with Gasteiger partial charge in [-0.3, -0.25) is 0 Å². The summed E-state index contributed by atoms with van der Waals surface area (Å²) in [5.41, 5.74) is 10.8. The lowest BCUT2D eigenvalue weighted by molar-refractivity contribution is 0.474. The summed E-state index contributed by atoms with van der Waals surface area (Å²) in [5, 5.41) is 9.67. The molecule has 0 spiro atoms. The first kappa shape index (κ1) is 22.7. The van der Waals surface area contributed by atoms with Crippen molar-refractivity contribution in [3.63, 3.8) is 0 Å². The Labute approximate surface area is 198 Å². The van der Waals surface area contributed by atoms with Gasteiger partial charge in [-0.15, -0.1) is 0 Å². The number of benzene rings is 4. The Kier molecular flexibility index (Phi) is 6.03. The highest BCUT2D eigenvalue weighted by Gasteiger charge is 2.23. The zero-order valence-electron chi connectivity index (χ0n) is 20.5. The van der Waals surface area contributed by atoms with E-state index in [9.17, 15) is 5.11 Å². The second-order valence-corrected chi connectivity index (χ2v) is 9.59. The molecule has 4 aromatic carbocycles. The van der Waals surface area contributed by atoms with Crippen LogP contribution in [0.5, 0.6) is 5.75 Å². The van der Waals surface area contributed by atoms with Gasteiger partial charge in [0.15, 0.2) is 0 Å². The summed E-state index contributed by atoms with van der Waals surface area (Å²) in [4.78, 5) is 2.33. The molecular weight excluding hydrogens is 402 g/mol. The van der Waals surface area contributed by atoms with Crippen LogP contribution in [-0.4, -0.2) is 5.11 Å². The molecule has 2 heteroatoms. The lowest BCUT2D eigenvalue weighted by Gasteiger charge is -2.29. The predicted octanol–water partition coefficient (Wildman–Crippen LogP) is 8.42. The Morgan fingerprint density at radius 2 is 0.909 bits per heavy atom. The first-order chi connectivity index (χ1) is 15.7. The van der Waals surface area contributed by atoms with Crippen molar-refractivity contribution in [1.82, 2.24) is 0 Å². The predicted molar refractivity (Wildman–Crippen MR) is 140 cm³/mol. The van der Waals surface area contributed by atoms with Gasteiger partial charge < -0.3 is 10.0 Å². The van der Waals surface area contributed by atoms with Crippen LogP contribution >= 0.6 is 0 Å². The van der Waals surface area contributed by atoms with Gasteiger partial charge in [-0.05, 0) is 110 Å². The smallest absolute Gasteiger partial charge is 0.115 e. The van der Waals surface area contributed by atoms with E-state index in [0.717, 1.165) is 17.1 Å². The van der Waals surface area contributed by atoms with Gasteiger partial charge in [0.2, 0.25) is 0 Å². The molecule has 0 amide bonds. The van der Waals surface area contributed by atoms with E-state index in [1.54, 1.807) is 12.1 Å². The Morgan fingerprint density at radius 3 is 1.33 bits per heavy atom. The van der Waals surface area contributed by atoms with Gasteiger partial charge in [-0.1, -0.05) is 50.2 Å². The zero-order valence-corrected chi connectivity index (χ0v) is 20.5. The monoisotopic (exact) mass is 435 g/mol. The maximum Gasteiger partial charge on any atom is 0.115 e. The van der Waals surface area contributed by atoms with Crippen molar-refractivity contribution in [3.05, 3.63) is 118 Å². The number of aryl methyl sites for hydroxylation is 4. The third-order valence-corrected chi connectivity index (χ3v) is 6.93. The van der Waals surface area contributed by atoms with Gasteiger partial charge >= 0.3 is 0 Å². The summed E-state index contributed by atoms with van der Waals surface area (Å²) in [6.07, 6.45) is 0. The maximum absolute atomic E-state index is 9.67. The van der Waals surface area contributed by atoms with Crippen LogP contribution in [-0.2, 0) is 5.41 Å². The number of phenols is 1. The number of hydrogen-bond acceptors (Lipinski definition) is 2. The molecule has 4 rings (SSSR count). The van der Waals surface area contributed by atoms with Crippen molar-refractivity contribution in [3.8, 4) is 5.75 Å². The van der Waals surface area contributed by atoms with Crippen molar-refractivity contribution >= 4 is 17.1 Å². The molecule has 0 heterocycles. The molecule has 0 saturated heterocycles. The third-order valence-electron chi connectivity index (χ3n) is 6.93. The summed E-state index contributed by atoms with van der Waals surface area (Å²) < 4.78 is 0. The molecule has 0 aliphatic carbocycles. The molecule has 0 unspecified atom stereocenters. The molecule has 0 fully saturated rings. The molecule has 0 aliphatic heterocycles. The Balaban J connectivity index is 1.78. The van der Waals surface area contributed by atoms with Crippen molar-refractivity contribution in [2.75, 3.05) is 4.90 Å². The molecule has 0 atom stereocenters. The second kappa shape index (κ2) is 8.78. The summed E-state index contributed by atoms with van der Waals surface area (Å²) >= 11 is 0. The lowest BCUT2D eigenvalue weighted by atomic mass is 9.78. The number of nitrogens with zero attached hydrogens (tertiary/aromatic N) is 1. The standard InChI is InChI=1S/C31H33NO/c1-21-7-13-28(19-23(21)3)32(29-14-8-22(2)24(4)20-29)27-15-9-25(10-16-27)31(5,6)26-11-17-30(33)18-12-26/h7-20,33H,1-6H3. The van der Waals surface area contributed by atoms with Crippen LogP contribution in [0.25, 0.3) is 0 Å². The van der Waals surface area contributed by atoms with E-state index in [-0.39, 0.29) is 5.41 Å². The molecule has 168 valence electrons. The third kappa shape index (κ3) is 4.52. The van der Waals surface area contributed by atoms with E-state index >= 15 is 0 Å². The minimum atomic E-state index is -0.169. The molecule has 0 aliphatic rings. The van der Waals surface area contributed by atoms with Crippen molar-refractivity contribution in [2.45, 2.75) is 47.0 Å². The van der Waals surface area contributed by atoms with Gasteiger partial charge in [0.05, 0.1) is 0 Å². The Hall–Kier alpha value is -3.52. The molecule has 0 aromatic heterocycles. The largest absolute Gasteiger partial charge is 0.508 e. The normalized spacial score (nSPS) is 11.5. The van der Waals surface area contributed by atoms with Crippen LogP contribution < -0.4 is 4.90 Å². The number of rotatable bonds is 5. The van der Waals surface area contributed by atoms with Crippen molar-refractivity contribution in [2.24, 2.45) is 0 Å². The van der Waals surface area contributed by atoms with Crippen LogP contribution in [0.15, 0.2) is 84.9 Å². The van der Waals surface area contributed by atoms with Gasteiger partial charge in [-0.25, -0.2) is 0 Å². The van der Waals surface area contributed by atoms with E-state index in [0.29, 0.717) is 5.75 Å². The minimum absolute atomic E-state index is 0.169. The van der Waals surface area contributed by atoms with E-state index in [1.807, 2.05) is 12.1 Å². The average molecular weight is 436 g/mol. The van der Waals surface area contributed by atoms with Crippen LogP contribution in [0.1, 0.15) is 47.2 Å². The minimum Gasteiger partial charge on any atom is -0.508 e. The highest BCUT2D eigenvalue weighted by molar-refractivity contribution is 5.77. The fourth-order valence-corrected chi connectivity index (χ4v) is 4.25. The second-order valence-electron chi connectivity index (χ2n) is 9.59. The summed E-state index contributed by atoms with van der Waals surface area (Å²) in [6, 6.07) is 29.7. The molecule has 4 aromatic rings. The van der Waals surface area contributed by atoms with Crippen LogP contribution in [0.2, 0.25) is 0 Å². The Morgan fingerprint density at radius 1 is 0.515 bits per heavy atom. The van der Waals surface area contributed by atoms with E-state index in [4.69, 9.17) is 0 Å². The topological polar surface area (TPSA) is 23.5 Å². The number of phenolic OH excluding ortho intramolecular Hbond substituents is 1. The number of aromatic hydroxyl groups is 1. The average Bonchev–Trinajstić information content (AvgIpc) is 2.79. The first-order valence-corrected chi connectivity index (χ1v) is 11.5. The SMILES string of the molecule is Cc1ccc(N(c2ccc(C(C)(C)c3ccc(O)cc3)cc2)c2ccc(C)c(C)c2)cc1C. The van der Waals surface area contributed by atoms with Gasteiger partial charge in [0, 0.05) is 22.5 Å². The van der Waals surface area contributed by atoms with E-state index in [2.05, 4.69) is 107 Å². The molecule has 33 heavy (non-hydrogen) atoms. The highest BCUT2D eigenvalue weighted by atomic mass is 16.3. The lowest BCUT2D eigenvalue weighted by Crippen LogP contribution is -2.19. The van der Waals surface area contributed by atoms with Gasteiger partial charge in [0.1, 0.15) is 5.75 Å². The fraction of sp³-hybridized carbons (Fsp3) is 0.226. The maximum atomic E-state index is 9.67. The van der Waals surface area contributed by atoms with Gasteiger partial charge in [-0.2, -0.15) is 0 Å². The van der Waals surface area contributed by atoms with E-state index in [1.165, 1.54) is 33.4 Å². The van der Waals surface area contributed by atoms with Crippen LogP contribution in [0.3, 0.4) is 0 Å². The van der Waals surface area contributed by atoms with Crippen molar-refractivity contribution < 1.29 is 5.11 Å². The molecule has 1 N–H and O–H groups in total. The number of anilines is 3. The molecule has 0 saturated carbocycles. The fourth-order valence-electron chi connectivity index (χ4n) is 4.25. The molecular formula is C31H33NO. The Bertz CT molecular complexity index is 1220. The van der Waals surface area contributed by atoms with Gasteiger partial charge in [0.25, 0.3) is 0 Å². The summed E-state index contributed by atoms with van der Waals surface area (Å²) in [7, 11) is 0. The van der Waals surface area contributed by atoms with Crippen molar-refractivity contribution in [1.29, 1.82) is 0 Å². The summed E-state index contributed by atoms with van der Waals surface area (Å²) in [6.45, 7) is 13.1. The summed E-state index contributed by atoms with van der Waals surface area (Å²) in [5.74, 6) is 0.294. The van der Waals surface area contributed by atoms with Crippen LogP contribution in [0.4, 0.5) is 17.1 Å². The highest BCUT2D eigenvalue weighted by Crippen LogP contribution is 2.38. The molecule has 0 radical (unpaired) electrons. The number of hydrogen-bond donors (Lipinski definition) is 1. The molecule has 2 nitrogen and oxygen atoms in total. The van der Waals surface area contributed by atoms with E-state index < -0.39 is 0 Å². The van der Waals surface area contributed by atoms with Crippen LogP contribution in [0, 0.1) is 27.7 Å². The quantitative estimate of drug-likeness (QED) is 0.340. The molecule has 0 bridgehead atoms. The zero-order chi connectivity index (χ0) is 23.8. The first-order valence-electron chi connectivity index (χ1n) is 11.5.